The molecule has 0 unspecified atom stereocenters. The molecular formula is C23H34FN7. The molecule has 0 amide bonds. The summed E-state index contributed by atoms with van der Waals surface area (Å²) in [5, 5.41) is 10.1. The normalized spacial score (nSPS) is 18.4. The number of nitrogens with zero attached hydrogens (tertiary/aromatic N) is 4. The molecule has 2 aromatic rings. The summed E-state index contributed by atoms with van der Waals surface area (Å²) in [7, 11) is 2.05. The second kappa shape index (κ2) is 10.2. The summed E-state index contributed by atoms with van der Waals surface area (Å²) in [6, 6.07) is 5.85. The van der Waals surface area contributed by atoms with Crippen molar-refractivity contribution in [2.75, 3.05) is 35.7 Å². The number of aryl methyl sites for hydroxylation is 1. The first kappa shape index (κ1) is 21.7. The van der Waals surface area contributed by atoms with Crippen LogP contribution < -0.4 is 20.9 Å². The average Bonchev–Trinajstić information content (AvgIpc) is 3.05. The molecule has 8 heteroatoms. The van der Waals surface area contributed by atoms with E-state index in [1.54, 1.807) is 13.0 Å². The lowest BCUT2D eigenvalue weighted by Gasteiger charge is -2.32. The number of benzene rings is 1. The van der Waals surface area contributed by atoms with Crippen LogP contribution in [0.2, 0.25) is 0 Å². The Morgan fingerprint density at radius 3 is 2.39 bits per heavy atom. The summed E-state index contributed by atoms with van der Waals surface area (Å²) in [5.74, 6) is 1.42. The zero-order valence-electron chi connectivity index (χ0n) is 18.6. The molecule has 0 bridgehead atoms. The highest BCUT2D eigenvalue weighted by Gasteiger charge is 2.22. The minimum atomic E-state index is -0.247. The van der Waals surface area contributed by atoms with Crippen LogP contribution in [0, 0.1) is 12.7 Å². The SMILES string of the molecule is Cc1ccc(Nc2nc(NC3CCCCCC3)nc(N(C)C3CCNCC3)n2)cc1F. The highest BCUT2D eigenvalue weighted by molar-refractivity contribution is 5.56. The predicted molar refractivity (Wildman–Crippen MR) is 124 cm³/mol. The fourth-order valence-electron chi connectivity index (χ4n) is 4.41. The molecule has 2 aliphatic rings. The van der Waals surface area contributed by atoms with Crippen LogP contribution >= 0.6 is 0 Å². The van der Waals surface area contributed by atoms with Crippen LogP contribution in [0.1, 0.15) is 56.9 Å². The van der Waals surface area contributed by atoms with Crippen molar-refractivity contribution in [1.29, 1.82) is 0 Å². The number of rotatable bonds is 6. The fraction of sp³-hybridized carbons (Fsp3) is 0.609. The number of halogens is 1. The largest absolute Gasteiger partial charge is 0.351 e. The van der Waals surface area contributed by atoms with Gasteiger partial charge in [-0.05, 0) is 63.4 Å². The van der Waals surface area contributed by atoms with E-state index in [1.165, 1.54) is 31.7 Å². The van der Waals surface area contributed by atoms with Crippen LogP contribution in [0.4, 0.5) is 27.9 Å². The molecule has 1 saturated carbocycles. The summed E-state index contributed by atoms with van der Waals surface area (Å²) in [6.07, 6.45) is 9.44. The van der Waals surface area contributed by atoms with Gasteiger partial charge in [-0.1, -0.05) is 31.7 Å². The Bertz CT molecular complexity index is 861. The molecule has 1 aromatic carbocycles. The number of piperidine rings is 1. The van der Waals surface area contributed by atoms with Gasteiger partial charge < -0.3 is 20.9 Å². The summed E-state index contributed by atoms with van der Waals surface area (Å²) < 4.78 is 14.0. The Kier molecular flexibility index (Phi) is 7.17. The summed E-state index contributed by atoms with van der Waals surface area (Å²) in [6.45, 7) is 3.75. The van der Waals surface area contributed by atoms with Crippen LogP contribution in [-0.2, 0) is 0 Å². The fourth-order valence-corrected chi connectivity index (χ4v) is 4.41. The standard InChI is InChI=1S/C23H34FN7/c1-16-9-10-18(15-20(16)24)27-22-28-21(26-17-7-5-3-4-6-8-17)29-23(30-22)31(2)19-11-13-25-14-12-19/h9-10,15,17,19,25H,3-8,11-14H2,1-2H3,(H2,26,27,28,29,30). The summed E-state index contributed by atoms with van der Waals surface area (Å²) in [4.78, 5) is 16.2. The molecule has 1 aromatic heterocycles. The minimum absolute atomic E-state index is 0.247. The molecule has 3 N–H and O–H groups in total. The number of anilines is 4. The van der Waals surface area contributed by atoms with E-state index in [1.807, 2.05) is 6.07 Å². The van der Waals surface area contributed by atoms with Crippen molar-refractivity contribution in [3.63, 3.8) is 0 Å². The third-order valence-electron chi connectivity index (χ3n) is 6.41. The number of nitrogens with one attached hydrogen (secondary N) is 3. The average molecular weight is 428 g/mol. The Morgan fingerprint density at radius 2 is 1.68 bits per heavy atom. The molecule has 1 saturated heterocycles. The molecule has 0 atom stereocenters. The predicted octanol–water partition coefficient (Wildman–Crippen LogP) is 4.39. The molecular weight excluding hydrogens is 393 g/mol. The Balaban J connectivity index is 1.59. The van der Waals surface area contributed by atoms with Crippen molar-refractivity contribution in [1.82, 2.24) is 20.3 Å². The lowest BCUT2D eigenvalue weighted by atomic mass is 10.1. The Hall–Kier alpha value is -2.48. The topological polar surface area (TPSA) is 78.0 Å². The smallest absolute Gasteiger partial charge is 0.233 e. The van der Waals surface area contributed by atoms with E-state index in [-0.39, 0.29) is 5.82 Å². The maximum absolute atomic E-state index is 14.0. The molecule has 1 aliphatic carbocycles. The van der Waals surface area contributed by atoms with Crippen LogP contribution in [0.15, 0.2) is 18.2 Å². The van der Waals surface area contributed by atoms with Gasteiger partial charge in [-0.2, -0.15) is 15.0 Å². The maximum Gasteiger partial charge on any atom is 0.233 e. The highest BCUT2D eigenvalue weighted by atomic mass is 19.1. The molecule has 168 valence electrons. The van der Waals surface area contributed by atoms with E-state index in [0.717, 1.165) is 38.8 Å². The summed E-state index contributed by atoms with van der Waals surface area (Å²) in [5.41, 5.74) is 1.24. The lowest BCUT2D eigenvalue weighted by Crippen LogP contribution is -2.42. The maximum atomic E-state index is 14.0. The third-order valence-corrected chi connectivity index (χ3v) is 6.41. The highest BCUT2D eigenvalue weighted by Crippen LogP contribution is 2.24. The van der Waals surface area contributed by atoms with Crippen molar-refractivity contribution in [3.8, 4) is 0 Å². The molecule has 2 fully saturated rings. The second-order valence-electron chi connectivity index (χ2n) is 8.80. The van der Waals surface area contributed by atoms with E-state index >= 15 is 0 Å². The van der Waals surface area contributed by atoms with Gasteiger partial charge in [-0.15, -0.1) is 0 Å². The monoisotopic (exact) mass is 427 g/mol. The van der Waals surface area contributed by atoms with Crippen LogP contribution in [0.3, 0.4) is 0 Å². The zero-order valence-corrected chi connectivity index (χ0v) is 18.6. The third kappa shape index (κ3) is 5.81. The van der Waals surface area contributed by atoms with Crippen molar-refractivity contribution in [2.24, 2.45) is 0 Å². The number of hydrogen-bond donors (Lipinski definition) is 3. The van der Waals surface area contributed by atoms with E-state index in [0.29, 0.717) is 41.2 Å². The van der Waals surface area contributed by atoms with E-state index in [9.17, 15) is 4.39 Å². The lowest BCUT2D eigenvalue weighted by molar-refractivity contribution is 0.439. The van der Waals surface area contributed by atoms with E-state index in [4.69, 9.17) is 4.98 Å². The summed E-state index contributed by atoms with van der Waals surface area (Å²) >= 11 is 0. The van der Waals surface area contributed by atoms with Gasteiger partial charge in [0.1, 0.15) is 5.82 Å². The minimum Gasteiger partial charge on any atom is -0.351 e. The van der Waals surface area contributed by atoms with Gasteiger partial charge in [0.05, 0.1) is 0 Å². The molecule has 0 spiro atoms. The Morgan fingerprint density at radius 1 is 0.968 bits per heavy atom. The molecule has 2 heterocycles. The van der Waals surface area contributed by atoms with Gasteiger partial charge >= 0.3 is 0 Å². The van der Waals surface area contributed by atoms with Crippen LogP contribution in [-0.4, -0.2) is 47.2 Å². The van der Waals surface area contributed by atoms with Crippen molar-refractivity contribution in [2.45, 2.75) is 70.4 Å². The van der Waals surface area contributed by atoms with Gasteiger partial charge in [0.2, 0.25) is 17.8 Å². The first-order valence-corrected chi connectivity index (χ1v) is 11.6. The van der Waals surface area contributed by atoms with Crippen molar-refractivity contribution in [3.05, 3.63) is 29.6 Å². The Labute approximate surface area is 184 Å². The number of hydrogen-bond acceptors (Lipinski definition) is 7. The van der Waals surface area contributed by atoms with Crippen molar-refractivity contribution >= 4 is 23.5 Å². The molecule has 0 radical (unpaired) electrons. The van der Waals surface area contributed by atoms with Crippen LogP contribution in [0.25, 0.3) is 0 Å². The van der Waals surface area contributed by atoms with Crippen molar-refractivity contribution < 1.29 is 4.39 Å². The van der Waals surface area contributed by atoms with Gasteiger partial charge in [0, 0.05) is 24.8 Å². The van der Waals surface area contributed by atoms with Gasteiger partial charge in [-0.3, -0.25) is 0 Å². The van der Waals surface area contributed by atoms with E-state index in [2.05, 4.69) is 37.9 Å². The molecule has 7 nitrogen and oxygen atoms in total. The first-order chi connectivity index (χ1) is 15.1. The zero-order chi connectivity index (χ0) is 21.6. The van der Waals surface area contributed by atoms with Crippen LogP contribution in [0.5, 0.6) is 0 Å². The molecule has 4 rings (SSSR count). The molecule has 31 heavy (non-hydrogen) atoms. The first-order valence-electron chi connectivity index (χ1n) is 11.6. The molecule has 1 aliphatic heterocycles. The van der Waals surface area contributed by atoms with Gasteiger partial charge in [0.25, 0.3) is 0 Å². The second-order valence-corrected chi connectivity index (χ2v) is 8.80. The number of aromatic nitrogens is 3. The van der Waals surface area contributed by atoms with E-state index < -0.39 is 0 Å². The van der Waals surface area contributed by atoms with Gasteiger partial charge in [0.15, 0.2) is 0 Å². The quantitative estimate of drug-likeness (QED) is 0.590. The van der Waals surface area contributed by atoms with Gasteiger partial charge in [-0.25, -0.2) is 4.39 Å².